The molecule has 2 heterocycles. The van der Waals surface area contributed by atoms with Crippen LogP contribution in [0.4, 0.5) is 0 Å². The normalized spacial score (nSPS) is 11.9. The van der Waals surface area contributed by atoms with Crippen LogP contribution >= 0.6 is 22.7 Å². The summed E-state index contributed by atoms with van der Waals surface area (Å²) in [5.74, 6) is 0.0298. The number of nitrogens with zero attached hydrogens (tertiary/aromatic N) is 1. The molecular formula is C10H11NO2S3. The van der Waals surface area contributed by atoms with Crippen molar-refractivity contribution < 1.29 is 8.42 Å². The van der Waals surface area contributed by atoms with Crippen molar-refractivity contribution in [3.05, 3.63) is 27.4 Å². The average Bonchev–Trinajstić information content (AvgIpc) is 2.71. The molecule has 16 heavy (non-hydrogen) atoms. The second-order valence-electron chi connectivity index (χ2n) is 3.61. The maximum absolute atomic E-state index is 11.1. The molecule has 0 aliphatic rings. The molecule has 3 nitrogen and oxygen atoms in total. The minimum Gasteiger partial charge on any atom is -0.239 e. The van der Waals surface area contributed by atoms with Crippen molar-refractivity contribution in [3.8, 4) is 10.6 Å². The third kappa shape index (κ3) is 2.90. The number of sulfone groups is 1. The molecule has 0 aliphatic heterocycles. The number of hydrogen-bond acceptors (Lipinski definition) is 5. The van der Waals surface area contributed by atoms with Crippen LogP contribution in [0.1, 0.15) is 9.88 Å². The Kier molecular flexibility index (Phi) is 3.14. The lowest BCUT2D eigenvalue weighted by atomic mass is 10.4. The predicted molar refractivity (Wildman–Crippen MR) is 68.7 cm³/mol. The van der Waals surface area contributed by atoms with Crippen molar-refractivity contribution >= 4 is 32.5 Å². The molecule has 0 aliphatic carbocycles. The summed E-state index contributed by atoms with van der Waals surface area (Å²) in [6.45, 7) is 2.04. The number of aryl methyl sites for hydroxylation is 1. The van der Waals surface area contributed by atoms with Crippen LogP contribution < -0.4 is 0 Å². The minimum atomic E-state index is -2.99. The molecule has 0 unspecified atom stereocenters. The van der Waals surface area contributed by atoms with E-state index in [-0.39, 0.29) is 5.75 Å². The lowest BCUT2D eigenvalue weighted by Gasteiger charge is -1.92. The first kappa shape index (κ1) is 11.8. The van der Waals surface area contributed by atoms with Crippen LogP contribution in [0.2, 0.25) is 0 Å². The zero-order chi connectivity index (χ0) is 11.8. The zero-order valence-electron chi connectivity index (χ0n) is 8.93. The van der Waals surface area contributed by atoms with Crippen LogP contribution in [0.5, 0.6) is 0 Å². The van der Waals surface area contributed by atoms with Gasteiger partial charge in [-0.25, -0.2) is 13.4 Å². The van der Waals surface area contributed by atoms with E-state index in [4.69, 9.17) is 0 Å². The van der Waals surface area contributed by atoms with Crippen LogP contribution in [-0.2, 0) is 15.6 Å². The highest BCUT2D eigenvalue weighted by Gasteiger charge is 2.10. The number of rotatable bonds is 3. The summed E-state index contributed by atoms with van der Waals surface area (Å²) in [6.07, 6.45) is 1.23. The smallest absolute Gasteiger partial charge is 0.153 e. The van der Waals surface area contributed by atoms with Crippen LogP contribution in [0.3, 0.4) is 0 Å². The molecular weight excluding hydrogens is 262 g/mol. The van der Waals surface area contributed by atoms with Crippen molar-refractivity contribution in [1.82, 2.24) is 4.98 Å². The van der Waals surface area contributed by atoms with Gasteiger partial charge in [-0.05, 0) is 19.1 Å². The summed E-state index contributed by atoms with van der Waals surface area (Å²) in [5.41, 5.74) is 0.877. The van der Waals surface area contributed by atoms with Gasteiger partial charge in [-0.15, -0.1) is 22.7 Å². The molecule has 0 fully saturated rings. The van der Waals surface area contributed by atoms with E-state index in [2.05, 4.69) is 4.98 Å². The Bertz CT molecular complexity index is 595. The Hall–Kier alpha value is -0.720. The minimum absolute atomic E-state index is 0.0298. The van der Waals surface area contributed by atoms with E-state index in [1.54, 1.807) is 11.3 Å². The highest BCUT2D eigenvalue weighted by molar-refractivity contribution is 7.90. The van der Waals surface area contributed by atoms with E-state index >= 15 is 0 Å². The van der Waals surface area contributed by atoms with Crippen LogP contribution in [-0.4, -0.2) is 19.7 Å². The Balaban J connectivity index is 2.26. The molecule has 2 aromatic heterocycles. The van der Waals surface area contributed by atoms with E-state index in [0.29, 0.717) is 5.01 Å². The fourth-order valence-corrected chi connectivity index (χ4v) is 4.20. The van der Waals surface area contributed by atoms with Gasteiger partial charge in [0, 0.05) is 16.5 Å². The van der Waals surface area contributed by atoms with Gasteiger partial charge >= 0.3 is 0 Å². The number of thiazole rings is 1. The second kappa shape index (κ2) is 4.27. The van der Waals surface area contributed by atoms with E-state index in [1.807, 2.05) is 24.4 Å². The highest BCUT2D eigenvalue weighted by atomic mass is 32.2. The lowest BCUT2D eigenvalue weighted by Crippen LogP contribution is -1.99. The van der Waals surface area contributed by atoms with Crippen molar-refractivity contribution in [1.29, 1.82) is 0 Å². The monoisotopic (exact) mass is 273 g/mol. The maximum Gasteiger partial charge on any atom is 0.153 e. The standard InChI is InChI=1S/C10H11NO2S3/c1-7-3-4-9(15-7)8-5-14-10(11-8)6-16(2,12)13/h3-5H,6H2,1-2H3. The molecule has 86 valence electrons. The van der Waals surface area contributed by atoms with Gasteiger partial charge in [-0.2, -0.15) is 0 Å². The summed E-state index contributed by atoms with van der Waals surface area (Å²) in [4.78, 5) is 6.65. The first-order valence-corrected chi connectivity index (χ1v) is 8.39. The van der Waals surface area contributed by atoms with E-state index in [1.165, 1.54) is 22.5 Å². The summed E-state index contributed by atoms with van der Waals surface area (Å²) in [7, 11) is -2.99. The summed E-state index contributed by atoms with van der Waals surface area (Å²) >= 11 is 3.06. The SMILES string of the molecule is Cc1ccc(-c2csc(CS(C)(=O)=O)n2)s1. The third-order valence-electron chi connectivity index (χ3n) is 1.93. The predicted octanol–water partition coefficient (Wildman–Crippen LogP) is 2.72. The lowest BCUT2D eigenvalue weighted by molar-refractivity contribution is 0.601. The number of aromatic nitrogens is 1. The molecule has 0 aromatic carbocycles. The molecule has 0 saturated carbocycles. The molecule has 2 aromatic rings. The molecule has 2 rings (SSSR count). The van der Waals surface area contributed by atoms with Crippen molar-refractivity contribution in [2.24, 2.45) is 0 Å². The second-order valence-corrected chi connectivity index (χ2v) is 7.98. The highest BCUT2D eigenvalue weighted by Crippen LogP contribution is 2.29. The van der Waals surface area contributed by atoms with Crippen LogP contribution in [0, 0.1) is 6.92 Å². The molecule has 0 amide bonds. The molecule has 0 spiro atoms. The molecule has 0 saturated heterocycles. The average molecular weight is 273 g/mol. The largest absolute Gasteiger partial charge is 0.239 e. The van der Waals surface area contributed by atoms with E-state index in [9.17, 15) is 8.42 Å². The molecule has 0 radical (unpaired) electrons. The van der Waals surface area contributed by atoms with Gasteiger partial charge in [-0.1, -0.05) is 0 Å². The van der Waals surface area contributed by atoms with Gasteiger partial charge in [0.2, 0.25) is 0 Å². The Morgan fingerprint density at radius 3 is 2.69 bits per heavy atom. The summed E-state index contributed by atoms with van der Waals surface area (Å²) in [5, 5.41) is 2.56. The van der Waals surface area contributed by atoms with Gasteiger partial charge in [0.15, 0.2) is 9.84 Å². The van der Waals surface area contributed by atoms with E-state index in [0.717, 1.165) is 10.6 Å². The van der Waals surface area contributed by atoms with Crippen LogP contribution in [0.15, 0.2) is 17.5 Å². The van der Waals surface area contributed by atoms with Crippen molar-refractivity contribution in [2.45, 2.75) is 12.7 Å². The van der Waals surface area contributed by atoms with Crippen molar-refractivity contribution in [2.75, 3.05) is 6.26 Å². The first-order chi connectivity index (χ1) is 7.44. The fraction of sp³-hybridized carbons (Fsp3) is 0.300. The van der Waals surface area contributed by atoms with Gasteiger partial charge in [-0.3, -0.25) is 0 Å². The fourth-order valence-electron chi connectivity index (χ4n) is 1.29. The van der Waals surface area contributed by atoms with Gasteiger partial charge in [0.25, 0.3) is 0 Å². The summed E-state index contributed by atoms with van der Waals surface area (Å²) < 4.78 is 22.2. The van der Waals surface area contributed by atoms with Gasteiger partial charge in [0.1, 0.15) is 10.8 Å². The molecule has 0 bridgehead atoms. The summed E-state index contributed by atoms with van der Waals surface area (Å²) in [6, 6.07) is 4.05. The first-order valence-electron chi connectivity index (χ1n) is 4.63. The van der Waals surface area contributed by atoms with Gasteiger partial charge < -0.3 is 0 Å². The topological polar surface area (TPSA) is 47.0 Å². The molecule has 6 heteroatoms. The third-order valence-corrected chi connectivity index (χ3v) is 4.78. The Morgan fingerprint density at radius 2 is 2.12 bits per heavy atom. The number of hydrogen-bond donors (Lipinski definition) is 0. The quantitative estimate of drug-likeness (QED) is 0.864. The zero-order valence-corrected chi connectivity index (χ0v) is 11.4. The van der Waals surface area contributed by atoms with Crippen molar-refractivity contribution in [3.63, 3.8) is 0 Å². The van der Waals surface area contributed by atoms with E-state index < -0.39 is 9.84 Å². The maximum atomic E-state index is 11.1. The molecule has 0 N–H and O–H groups in total. The number of thiophene rings is 1. The van der Waals surface area contributed by atoms with Crippen LogP contribution in [0.25, 0.3) is 10.6 Å². The Labute approximate surface area is 103 Å². The Morgan fingerprint density at radius 1 is 1.38 bits per heavy atom. The van der Waals surface area contributed by atoms with Gasteiger partial charge in [0.05, 0.1) is 10.6 Å². The molecule has 0 atom stereocenters.